The first-order chi connectivity index (χ1) is 31.5. The second-order valence-corrected chi connectivity index (χ2v) is 17.4. The molecule has 1 atom stereocenters. The highest BCUT2D eigenvalue weighted by molar-refractivity contribution is 5.71. The van der Waals surface area contributed by atoms with E-state index >= 15 is 0 Å². The summed E-state index contributed by atoms with van der Waals surface area (Å²) in [5.74, 6) is -0.922. The fourth-order valence-electron chi connectivity index (χ4n) is 7.11. The van der Waals surface area contributed by atoms with Gasteiger partial charge in [0.15, 0.2) is 6.10 Å². The topological polar surface area (TPSA) is 78.9 Å². The number of hydrogen-bond acceptors (Lipinski definition) is 6. The Morgan fingerprint density at radius 1 is 0.328 bits per heavy atom. The molecular weight excluding hydrogens is 793 g/mol. The van der Waals surface area contributed by atoms with Gasteiger partial charge in [0.2, 0.25) is 0 Å². The molecule has 0 saturated heterocycles. The van der Waals surface area contributed by atoms with Crippen molar-refractivity contribution in [2.75, 3.05) is 13.2 Å². The van der Waals surface area contributed by atoms with Crippen LogP contribution in [0.25, 0.3) is 0 Å². The van der Waals surface area contributed by atoms with E-state index in [1.54, 1.807) is 0 Å². The Hall–Kier alpha value is -3.41. The predicted octanol–water partition coefficient (Wildman–Crippen LogP) is 17.6. The van der Waals surface area contributed by atoms with Crippen LogP contribution in [0.5, 0.6) is 0 Å². The average Bonchev–Trinajstić information content (AvgIpc) is 3.29. The summed E-state index contributed by atoms with van der Waals surface area (Å²) in [4.78, 5) is 38.0. The standard InChI is InChI=1S/C58H98O6/c1-4-7-10-13-16-19-22-24-26-27-28-29-30-31-33-34-36-39-42-45-48-51-57(60)63-54-55(53-62-56(59)50-47-44-41-38-21-18-15-12-9-6-3)64-58(61)52-49-46-43-40-37-35-32-25-23-20-17-14-11-8-5-2/h7,10,12,15-17,19-20,24-26,28-29,32,55H,4-6,8-9,11,13-14,18,21-23,27,30-31,33-54H2,1-3H3/b10-7-,15-12-,19-16-,20-17-,26-24-,29-28-,32-25-. The lowest BCUT2D eigenvalue weighted by Crippen LogP contribution is -2.30. The van der Waals surface area contributed by atoms with Crippen LogP contribution in [0.3, 0.4) is 0 Å². The molecule has 64 heavy (non-hydrogen) atoms. The first-order valence-corrected chi connectivity index (χ1v) is 26.6. The van der Waals surface area contributed by atoms with Gasteiger partial charge in [-0.15, -0.1) is 0 Å². The van der Waals surface area contributed by atoms with E-state index < -0.39 is 6.10 Å². The summed E-state index contributed by atoms with van der Waals surface area (Å²) >= 11 is 0. The highest BCUT2D eigenvalue weighted by Gasteiger charge is 2.19. The molecule has 0 rings (SSSR count). The minimum atomic E-state index is -0.790. The van der Waals surface area contributed by atoms with Crippen LogP contribution in [-0.2, 0) is 28.6 Å². The predicted molar refractivity (Wildman–Crippen MR) is 274 cm³/mol. The van der Waals surface area contributed by atoms with Crippen LogP contribution < -0.4 is 0 Å². The first-order valence-electron chi connectivity index (χ1n) is 26.6. The number of esters is 3. The third kappa shape index (κ3) is 49.6. The van der Waals surface area contributed by atoms with Gasteiger partial charge in [-0.2, -0.15) is 0 Å². The lowest BCUT2D eigenvalue weighted by atomic mass is 10.1. The summed E-state index contributed by atoms with van der Waals surface area (Å²) in [6.07, 6.45) is 67.1. The third-order valence-corrected chi connectivity index (χ3v) is 11.1. The van der Waals surface area contributed by atoms with Gasteiger partial charge in [0.05, 0.1) is 0 Å². The van der Waals surface area contributed by atoms with Crippen molar-refractivity contribution >= 4 is 17.9 Å². The fraction of sp³-hybridized carbons (Fsp3) is 0.707. The highest BCUT2D eigenvalue weighted by atomic mass is 16.6. The van der Waals surface area contributed by atoms with Crippen LogP contribution in [0.1, 0.15) is 245 Å². The maximum absolute atomic E-state index is 12.8. The summed E-state index contributed by atoms with van der Waals surface area (Å²) in [5.41, 5.74) is 0. The first kappa shape index (κ1) is 60.6. The maximum atomic E-state index is 12.8. The van der Waals surface area contributed by atoms with Gasteiger partial charge in [-0.05, 0) is 109 Å². The lowest BCUT2D eigenvalue weighted by Gasteiger charge is -2.18. The number of carbonyl (C=O) groups excluding carboxylic acids is 3. The van der Waals surface area contributed by atoms with Gasteiger partial charge in [-0.25, -0.2) is 0 Å². The molecule has 0 saturated carbocycles. The zero-order valence-corrected chi connectivity index (χ0v) is 41.8. The van der Waals surface area contributed by atoms with Gasteiger partial charge in [-0.1, -0.05) is 202 Å². The monoisotopic (exact) mass is 891 g/mol. The Kier molecular flexibility index (Phi) is 49.4. The largest absolute Gasteiger partial charge is 0.462 e. The average molecular weight is 891 g/mol. The van der Waals surface area contributed by atoms with Crippen molar-refractivity contribution in [1.82, 2.24) is 0 Å². The molecule has 366 valence electrons. The quantitative estimate of drug-likeness (QED) is 0.0262. The lowest BCUT2D eigenvalue weighted by molar-refractivity contribution is -0.167. The summed E-state index contributed by atoms with van der Waals surface area (Å²) in [7, 11) is 0. The van der Waals surface area contributed by atoms with Gasteiger partial charge >= 0.3 is 17.9 Å². The van der Waals surface area contributed by atoms with E-state index in [0.29, 0.717) is 19.3 Å². The van der Waals surface area contributed by atoms with Crippen molar-refractivity contribution in [1.29, 1.82) is 0 Å². The molecule has 1 unspecified atom stereocenters. The van der Waals surface area contributed by atoms with E-state index in [0.717, 1.165) is 135 Å². The summed E-state index contributed by atoms with van der Waals surface area (Å²) < 4.78 is 16.8. The van der Waals surface area contributed by atoms with E-state index in [2.05, 4.69) is 106 Å². The minimum absolute atomic E-state index is 0.0896. The third-order valence-electron chi connectivity index (χ3n) is 11.1. The van der Waals surface area contributed by atoms with E-state index in [4.69, 9.17) is 14.2 Å². The molecule has 0 bridgehead atoms. The molecule has 0 aliphatic carbocycles. The molecule has 0 aliphatic heterocycles. The number of rotatable bonds is 47. The molecule has 0 heterocycles. The number of carbonyl (C=O) groups is 3. The van der Waals surface area contributed by atoms with Crippen LogP contribution in [0, 0.1) is 0 Å². The SMILES string of the molecule is CC/C=C\C/C=C\C/C=C\C/C=C\CCCCCCCCCCC(=O)OCC(COC(=O)CCCCCCC/C=C\CCC)OC(=O)CCCCCCC/C=C\C/C=C\CCCCC. The van der Waals surface area contributed by atoms with Gasteiger partial charge in [0.1, 0.15) is 13.2 Å². The van der Waals surface area contributed by atoms with E-state index in [9.17, 15) is 14.4 Å². The molecule has 0 aromatic heterocycles. The molecule has 0 radical (unpaired) electrons. The second-order valence-electron chi connectivity index (χ2n) is 17.4. The van der Waals surface area contributed by atoms with Crippen molar-refractivity contribution in [3.8, 4) is 0 Å². The van der Waals surface area contributed by atoms with Crippen LogP contribution in [0.2, 0.25) is 0 Å². The number of hydrogen-bond donors (Lipinski definition) is 0. The molecule has 0 aromatic rings. The van der Waals surface area contributed by atoms with Crippen molar-refractivity contribution in [3.63, 3.8) is 0 Å². The van der Waals surface area contributed by atoms with Crippen molar-refractivity contribution < 1.29 is 28.6 Å². The Labute approximate surface area is 395 Å². The van der Waals surface area contributed by atoms with Crippen LogP contribution in [0.4, 0.5) is 0 Å². The van der Waals surface area contributed by atoms with E-state index in [-0.39, 0.29) is 31.1 Å². The van der Waals surface area contributed by atoms with Crippen molar-refractivity contribution in [2.45, 2.75) is 252 Å². The normalized spacial score (nSPS) is 12.7. The number of allylic oxidation sites excluding steroid dienone is 14. The molecule has 0 amide bonds. The van der Waals surface area contributed by atoms with Crippen molar-refractivity contribution in [3.05, 3.63) is 85.1 Å². The van der Waals surface area contributed by atoms with Gasteiger partial charge in [-0.3, -0.25) is 14.4 Å². The van der Waals surface area contributed by atoms with Gasteiger partial charge in [0.25, 0.3) is 0 Å². The molecule has 0 spiro atoms. The van der Waals surface area contributed by atoms with Crippen molar-refractivity contribution in [2.24, 2.45) is 0 Å². The molecule has 0 fully saturated rings. The summed E-state index contributed by atoms with van der Waals surface area (Å²) in [6, 6.07) is 0. The second kappa shape index (κ2) is 52.2. The van der Waals surface area contributed by atoms with Gasteiger partial charge in [0, 0.05) is 19.3 Å². The Bertz CT molecular complexity index is 1250. The maximum Gasteiger partial charge on any atom is 0.306 e. The summed E-state index contributed by atoms with van der Waals surface area (Å²) in [6.45, 7) is 6.41. The Balaban J connectivity index is 4.35. The zero-order chi connectivity index (χ0) is 46.5. The Morgan fingerprint density at radius 2 is 0.641 bits per heavy atom. The summed E-state index contributed by atoms with van der Waals surface area (Å²) in [5, 5.41) is 0. The number of ether oxygens (including phenoxy) is 3. The smallest absolute Gasteiger partial charge is 0.306 e. The molecule has 6 heteroatoms. The molecule has 6 nitrogen and oxygen atoms in total. The minimum Gasteiger partial charge on any atom is -0.462 e. The number of unbranched alkanes of at least 4 members (excludes halogenated alkanes) is 22. The van der Waals surface area contributed by atoms with Crippen LogP contribution >= 0.6 is 0 Å². The van der Waals surface area contributed by atoms with E-state index in [1.165, 1.54) is 70.6 Å². The van der Waals surface area contributed by atoms with Crippen LogP contribution in [-0.4, -0.2) is 37.2 Å². The Morgan fingerprint density at radius 3 is 1.03 bits per heavy atom. The molecule has 0 N–H and O–H groups in total. The highest BCUT2D eigenvalue weighted by Crippen LogP contribution is 2.14. The van der Waals surface area contributed by atoms with E-state index in [1.807, 2.05) is 0 Å². The van der Waals surface area contributed by atoms with Crippen LogP contribution in [0.15, 0.2) is 85.1 Å². The fourth-order valence-corrected chi connectivity index (χ4v) is 7.11. The zero-order valence-electron chi connectivity index (χ0n) is 41.8. The van der Waals surface area contributed by atoms with Gasteiger partial charge < -0.3 is 14.2 Å². The molecule has 0 aromatic carbocycles. The molecule has 0 aliphatic rings. The molecular formula is C58H98O6.